The normalized spacial score (nSPS) is 22.6. The second-order valence-electron chi connectivity index (χ2n) is 12.4. The van der Waals surface area contributed by atoms with Crippen molar-refractivity contribution >= 4 is 51.7 Å². The van der Waals surface area contributed by atoms with Crippen LogP contribution < -0.4 is 24.7 Å². The second kappa shape index (κ2) is 9.77. The SMILES string of the molecule is CN1C(=O)COc2cc(C3CC3)c(B3OC(C)(C)C(C)(C)O3)cc21.CN1C(=O)COc2cc(C3CC3)c(Br)cc21. The van der Waals surface area contributed by atoms with E-state index in [0.717, 1.165) is 32.8 Å². The maximum Gasteiger partial charge on any atom is 0.495 e. The summed E-state index contributed by atoms with van der Waals surface area (Å²) in [5.41, 5.74) is 4.45. The molecule has 2 amide bonds. The predicted molar refractivity (Wildman–Crippen MR) is 158 cm³/mol. The molecule has 0 atom stereocenters. The van der Waals surface area contributed by atoms with Crippen LogP contribution in [0.5, 0.6) is 11.5 Å². The van der Waals surface area contributed by atoms with E-state index in [1.807, 2.05) is 12.1 Å². The number of fused-ring (bicyclic) bond motifs is 2. The molecule has 0 unspecified atom stereocenters. The number of hydrogen-bond donors (Lipinski definition) is 0. The van der Waals surface area contributed by atoms with Crippen molar-refractivity contribution in [2.45, 2.75) is 76.4 Å². The number of ether oxygens (including phenoxy) is 2. The zero-order valence-corrected chi connectivity index (χ0v) is 25.6. The molecule has 0 bridgehead atoms. The molecule has 0 spiro atoms. The van der Waals surface area contributed by atoms with Gasteiger partial charge in [-0.05, 0) is 106 Å². The van der Waals surface area contributed by atoms with Gasteiger partial charge in [0.05, 0.1) is 22.6 Å². The number of nitrogens with zero attached hydrogens (tertiary/aromatic N) is 2. The maximum absolute atomic E-state index is 12.0. The topological polar surface area (TPSA) is 77.5 Å². The Morgan fingerprint density at radius 3 is 1.70 bits per heavy atom. The van der Waals surface area contributed by atoms with Crippen LogP contribution in [0.3, 0.4) is 0 Å². The van der Waals surface area contributed by atoms with Gasteiger partial charge in [-0.25, -0.2) is 0 Å². The molecule has 10 heteroatoms. The van der Waals surface area contributed by atoms with Crippen molar-refractivity contribution in [1.82, 2.24) is 0 Å². The van der Waals surface area contributed by atoms with Crippen molar-refractivity contribution in [3.8, 4) is 11.5 Å². The van der Waals surface area contributed by atoms with Crippen LogP contribution in [0, 0.1) is 0 Å². The predicted octanol–water partition coefficient (Wildman–Crippen LogP) is 4.90. The summed E-state index contributed by atoms with van der Waals surface area (Å²) in [5, 5.41) is 0. The molecule has 212 valence electrons. The van der Waals surface area contributed by atoms with Gasteiger partial charge in [-0.3, -0.25) is 9.59 Å². The van der Waals surface area contributed by atoms with Crippen LogP contribution in [0.2, 0.25) is 0 Å². The molecule has 3 heterocycles. The van der Waals surface area contributed by atoms with Crippen LogP contribution >= 0.6 is 15.9 Å². The number of likely N-dealkylation sites (N-methyl/N-ethyl adjacent to an activating group) is 2. The first-order valence-corrected chi connectivity index (χ1v) is 14.8. The van der Waals surface area contributed by atoms with E-state index in [2.05, 4.69) is 55.8 Å². The Morgan fingerprint density at radius 1 is 0.750 bits per heavy atom. The largest absolute Gasteiger partial charge is 0.495 e. The summed E-state index contributed by atoms with van der Waals surface area (Å²) in [5.74, 6) is 2.77. The molecule has 0 aromatic heterocycles. The number of carbonyl (C=O) groups is 2. The van der Waals surface area contributed by atoms with Crippen LogP contribution in [0.25, 0.3) is 0 Å². The Hall–Kier alpha value is -2.56. The highest BCUT2D eigenvalue weighted by Crippen LogP contribution is 2.48. The third-order valence-electron chi connectivity index (χ3n) is 8.96. The molecule has 2 saturated carbocycles. The van der Waals surface area contributed by atoms with E-state index in [9.17, 15) is 9.59 Å². The lowest BCUT2D eigenvalue weighted by Crippen LogP contribution is -2.41. The van der Waals surface area contributed by atoms with Crippen LogP contribution in [0.4, 0.5) is 11.4 Å². The number of anilines is 2. The van der Waals surface area contributed by atoms with E-state index in [1.165, 1.54) is 36.8 Å². The average molecular weight is 611 g/mol. The first-order chi connectivity index (χ1) is 18.9. The summed E-state index contributed by atoms with van der Waals surface area (Å²) in [4.78, 5) is 26.8. The van der Waals surface area contributed by atoms with Gasteiger partial charge in [0.25, 0.3) is 11.8 Å². The number of halogens is 1. The van der Waals surface area contributed by atoms with Crippen LogP contribution in [0.1, 0.15) is 76.3 Å². The highest BCUT2D eigenvalue weighted by Gasteiger charge is 2.53. The smallest absolute Gasteiger partial charge is 0.482 e. The van der Waals surface area contributed by atoms with Crippen molar-refractivity contribution < 1.29 is 28.4 Å². The number of amides is 2. The Labute approximate surface area is 244 Å². The quantitative estimate of drug-likeness (QED) is 0.460. The Morgan fingerprint density at radius 2 is 1.20 bits per heavy atom. The van der Waals surface area contributed by atoms with Crippen LogP contribution in [-0.4, -0.2) is 57.4 Å². The Balaban J connectivity index is 0.000000157. The van der Waals surface area contributed by atoms with E-state index in [1.54, 1.807) is 23.9 Å². The summed E-state index contributed by atoms with van der Waals surface area (Å²) in [6.07, 6.45) is 4.87. The van der Waals surface area contributed by atoms with E-state index < -0.39 is 7.12 Å². The number of rotatable bonds is 3. The van der Waals surface area contributed by atoms with Gasteiger partial charge < -0.3 is 28.6 Å². The maximum atomic E-state index is 12.0. The molecule has 5 aliphatic rings. The average Bonchev–Trinajstić information content (AvgIpc) is 3.81. The Kier molecular flexibility index (Phi) is 6.75. The molecule has 3 fully saturated rings. The van der Waals surface area contributed by atoms with E-state index >= 15 is 0 Å². The summed E-state index contributed by atoms with van der Waals surface area (Å²) >= 11 is 3.57. The molecule has 2 aliphatic carbocycles. The van der Waals surface area contributed by atoms with Gasteiger partial charge in [-0.1, -0.05) is 15.9 Å². The van der Waals surface area contributed by atoms with Crippen molar-refractivity contribution in [1.29, 1.82) is 0 Å². The van der Waals surface area contributed by atoms with Gasteiger partial charge in [-0.15, -0.1) is 0 Å². The second-order valence-corrected chi connectivity index (χ2v) is 13.3. The van der Waals surface area contributed by atoms with Crippen molar-refractivity contribution in [3.05, 3.63) is 39.9 Å². The minimum absolute atomic E-state index is 0.00132. The van der Waals surface area contributed by atoms with Gasteiger partial charge in [-0.2, -0.15) is 0 Å². The lowest BCUT2D eigenvalue weighted by atomic mass is 9.74. The third-order valence-corrected chi connectivity index (χ3v) is 9.64. The van der Waals surface area contributed by atoms with Gasteiger partial charge in [0.15, 0.2) is 13.2 Å². The first-order valence-electron chi connectivity index (χ1n) is 14.0. The van der Waals surface area contributed by atoms with Gasteiger partial charge in [0.1, 0.15) is 11.5 Å². The van der Waals surface area contributed by atoms with E-state index in [0.29, 0.717) is 11.8 Å². The monoisotopic (exact) mass is 610 g/mol. The van der Waals surface area contributed by atoms with Crippen LogP contribution in [0.15, 0.2) is 28.7 Å². The fraction of sp³-hybridized carbons (Fsp3) is 0.533. The molecule has 0 radical (unpaired) electrons. The summed E-state index contributed by atoms with van der Waals surface area (Å²) in [7, 11) is 3.16. The van der Waals surface area contributed by atoms with Gasteiger partial charge in [0.2, 0.25) is 0 Å². The molecule has 1 saturated heterocycles. The number of carbonyl (C=O) groups excluding carboxylic acids is 2. The lowest BCUT2D eigenvalue weighted by molar-refractivity contribution is -0.121. The lowest BCUT2D eigenvalue weighted by Gasteiger charge is -2.32. The van der Waals surface area contributed by atoms with Crippen molar-refractivity contribution in [3.63, 3.8) is 0 Å². The number of hydrogen-bond acceptors (Lipinski definition) is 6. The standard InChI is InChI=1S/C18H24BNO4.C12H12BrNO2/c1-17(2)18(3,4)24-19(23-17)13-9-14-15(8-12(13)11-6-7-11)22-10-16(21)20(14)5;1-14-10-5-9(13)8(7-2-3-7)4-11(10)16-6-12(14)15/h8-9,11H,6-7,10H2,1-5H3;4-5,7H,2-3,6H2,1H3. The zero-order chi connectivity index (χ0) is 28.6. The molecule has 2 aromatic carbocycles. The van der Waals surface area contributed by atoms with Crippen molar-refractivity contribution in [2.24, 2.45) is 0 Å². The van der Waals surface area contributed by atoms with Gasteiger partial charge in [0, 0.05) is 18.6 Å². The summed E-state index contributed by atoms with van der Waals surface area (Å²) in [6.45, 7) is 8.47. The van der Waals surface area contributed by atoms with Crippen LogP contribution in [-0.2, 0) is 18.9 Å². The molecule has 2 aromatic rings. The summed E-state index contributed by atoms with van der Waals surface area (Å²) in [6, 6.07) is 8.15. The van der Waals surface area contributed by atoms with Gasteiger partial charge >= 0.3 is 7.12 Å². The van der Waals surface area contributed by atoms with E-state index in [-0.39, 0.29) is 36.2 Å². The first kappa shape index (κ1) is 27.6. The highest BCUT2D eigenvalue weighted by molar-refractivity contribution is 9.10. The molecular weight excluding hydrogens is 575 g/mol. The summed E-state index contributed by atoms with van der Waals surface area (Å²) < 4.78 is 24.7. The molecule has 40 heavy (non-hydrogen) atoms. The van der Waals surface area contributed by atoms with Crippen molar-refractivity contribution in [2.75, 3.05) is 37.1 Å². The fourth-order valence-corrected chi connectivity index (χ4v) is 5.94. The Bertz CT molecular complexity index is 1370. The third kappa shape index (κ3) is 4.92. The van der Waals surface area contributed by atoms with E-state index in [4.69, 9.17) is 18.8 Å². The number of benzene rings is 2. The molecular formula is C30H36BBrN2O6. The molecule has 0 N–H and O–H groups in total. The molecule has 7 rings (SSSR count). The highest BCUT2D eigenvalue weighted by atomic mass is 79.9. The molecule has 8 nitrogen and oxygen atoms in total. The minimum Gasteiger partial charge on any atom is -0.482 e. The fourth-order valence-electron chi connectivity index (χ4n) is 5.28. The minimum atomic E-state index is -0.415. The molecule has 3 aliphatic heterocycles. The zero-order valence-electron chi connectivity index (χ0n) is 24.0.